The van der Waals surface area contributed by atoms with Crippen LogP contribution in [0.25, 0.3) is 0 Å². The minimum Gasteiger partial charge on any atom is -0.324 e. The lowest BCUT2D eigenvalue weighted by molar-refractivity contribution is 0.706. The highest BCUT2D eigenvalue weighted by atomic mass is 127. The fourth-order valence-electron chi connectivity index (χ4n) is 1.57. The van der Waals surface area contributed by atoms with Crippen molar-refractivity contribution in [1.82, 2.24) is 4.98 Å². The van der Waals surface area contributed by atoms with Crippen LogP contribution in [0.15, 0.2) is 48.7 Å². The molecule has 1 heterocycles. The maximum absolute atomic E-state index is 6.13. The number of benzene rings is 1. The van der Waals surface area contributed by atoms with Crippen molar-refractivity contribution in [3.05, 3.63) is 63.5 Å². The highest BCUT2D eigenvalue weighted by molar-refractivity contribution is 14.1. The van der Waals surface area contributed by atoms with Crippen molar-refractivity contribution in [3.63, 3.8) is 0 Å². The van der Waals surface area contributed by atoms with E-state index >= 15 is 0 Å². The van der Waals surface area contributed by atoms with E-state index < -0.39 is 0 Å². The minimum absolute atomic E-state index is 0.0203. The summed E-state index contributed by atoms with van der Waals surface area (Å²) in [6.07, 6.45) is 2.58. The van der Waals surface area contributed by atoms with E-state index in [0.717, 1.165) is 17.7 Å². The molecule has 0 aliphatic carbocycles. The van der Waals surface area contributed by atoms with Gasteiger partial charge in [0, 0.05) is 27.9 Å². The molecular formula is C13H13IN2. The van der Waals surface area contributed by atoms with Gasteiger partial charge in [-0.15, -0.1) is 0 Å². The highest BCUT2D eigenvalue weighted by Gasteiger charge is 2.07. The van der Waals surface area contributed by atoms with Crippen LogP contribution in [0.4, 0.5) is 0 Å². The largest absolute Gasteiger partial charge is 0.324 e. The number of rotatable bonds is 3. The van der Waals surface area contributed by atoms with Gasteiger partial charge in [0.25, 0.3) is 0 Å². The van der Waals surface area contributed by atoms with Crippen molar-refractivity contribution in [3.8, 4) is 0 Å². The number of halogens is 1. The predicted molar refractivity (Wildman–Crippen MR) is 74.0 cm³/mol. The van der Waals surface area contributed by atoms with Gasteiger partial charge in [0.15, 0.2) is 0 Å². The fraction of sp³-hybridized carbons (Fsp3) is 0.154. The predicted octanol–water partition coefficient (Wildman–Crippen LogP) is 2.93. The van der Waals surface area contributed by atoms with Crippen LogP contribution in [0.2, 0.25) is 0 Å². The minimum atomic E-state index is 0.0203. The number of hydrogen-bond acceptors (Lipinski definition) is 2. The molecule has 1 unspecified atom stereocenters. The summed E-state index contributed by atoms with van der Waals surface area (Å²) in [5.74, 6) is 0. The number of nitrogens with two attached hydrogens (primary N) is 1. The lowest BCUT2D eigenvalue weighted by atomic mass is 10.0. The second-order valence-electron chi connectivity index (χ2n) is 3.68. The van der Waals surface area contributed by atoms with Crippen molar-refractivity contribution >= 4 is 22.6 Å². The second kappa shape index (κ2) is 5.41. The number of pyridine rings is 1. The van der Waals surface area contributed by atoms with Gasteiger partial charge in [0.1, 0.15) is 0 Å². The lowest BCUT2D eigenvalue weighted by Gasteiger charge is -2.11. The third kappa shape index (κ3) is 3.02. The van der Waals surface area contributed by atoms with E-state index in [1.54, 1.807) is 6.20 Å². The molecule has 1 aromatic heterocycles. The molecule has 0 saturated heterocycles. The monoisotopic (exact) mass is 324 g/mol. The van der Waals surface area contributed by atoms with E-state index in [9.17, 15) is 0 Å². The zero-order valence-electron chi connectivity index (χ0n) is 8.81. The molecule has 2 N–H and O–H groups in total. The molecule has 0 amide bonds. The Labute approximate surface area is 109 Å². The SMILES string of the molecule is NC(Cc1ccccn1)c1ccc(I)cc1. The van der Waals surface area contributed by atoms with E-state index in [-0.39, 0.29) is 6.04 Å². The van der Waals surface area contributed by atoms with E-state index in [1.807, 2.05) is 18.2 Å². The second-order valence-corrected chi connectivity index (χ2v) is 4.93. The Bertz CT molecular complexity index is 439. The van der Waals surface area contributed by atoms with E-state index in [2.05, 4.69) is 51.8 Å². The molecule has 0 radical (unpaired) electrons. The molecule has 0 aliphatic heterocycles. The maximum atomic E-state index is 6.13. The molecule has 1 atom stereocenters. The number of nitrogens with zero attached hydrogens (tertiary/aromatic N) is 1. The van der Waals surface area contributed by atoms with Crippen molar-refractivity contribution in [2.45, 2.75) is 12.5 Å². The van der Waals surface area contributed by atoms with Gasteiger partial charge in [-0.1, -0.05) is 18.2 Å². The average Bonchev–Trinajstić information content (AvgIpc) is 2.31. The van der Waals surface area contributed by atoms with Gasteiger partial charge in [0.2, 0.25) is 0 Å². The standard InChI is InChI=1S/C13H13IN2/c14-11-6-4-10(5-7-11)13(15)9-12-3-1-2-8-16-12/h1-8,13H,9,15H2. The van der Waals surface area contributed by atoms with E-state index in [0.29, 0.717) is 0 Å². The van der Waals surface area contributed by atoms with Crippen molar-refractivity contribution < 1.29 is 0 Å². The maximum Gasteiger partial charge on any atom is 0.0422 e. The lowest BCUT2D eigenvalue weighted by Crippen LogP contribution is -2.13. The quantitative estimate of drug-likeness (QED) is 0.882. The molecule has 1 aromatic carbocycles. The summed E-state index contributed by atoms with van der Waals surface area (Å²) < 4.78 is 1.23. The number of hydrogen-bond donors (Lipinski definition) is 1. The first-order chi connectivity index (χ1) is 7.75. The van der Waals surface area contributed by atoms with Crippen LogP contribution in [0.5, 0.6) is 0 Å². The Morgan fingerprint density at radius 2 is 1.88 bits per heavy atom. The fourth-order valence-corrected chi connectivity index (χ4v) is 1.93. The van der Waals surface area contributed by atoms with E-state index in [4.69, 9.17) is 5.73 Å². The van der Waals surface area contributed by atoms with Crippen molar-refractivity contribution in [1.29, 1.82) is 0 Å². The average molecular weight is 324 g/mol. The summed E-state index contributed by atoms with van der Waals surface area (Å²) in [5.41, 5.74) is 8.33. The van der Waals surface area contributed by atoms with Gasteiger partial charge in [0.05, 0.1) is 0 Å². The Hall–Kier alpha value is -0.940. The van der Waals surface area contributed by atoms with Crippen LogP contribution < -0.4 is 5.73 Å². The van der Waals surface area contributed by atoms with Crippen molar-refractivity contribution in [2.75, 3.05) is 0 Å². The summed E-state index contributed by atoms with van der Waals surface area (Å²) in [7, 11) is 0. The zero-order chi connectivity index (χ0) is 11.4. The molecule has 0 saturated carbocycles. The summed E-state index contributed by atoms with van der Waals surface area (Å²) in [6.45, 7) is 0. The van der Waals surface area contributed by atoms with Gasteiger partial charge in [-0.25, -0.2) is 0 Å². The summed E-state index contributed by atoms with van der Waals surface area (Å²) in [5, 5.41) is 0. The van der Waals surface area contributed by atoms with E-state index in [1.165, 1.54) is 3.57 Å². The normalized spacial score (nSPS) is 12.4. The first-order valence-electron chi connectivity index (χ1n) is 5.16. The molecule has 0 aliphatic rings. The van der Waals surface area contributed by atoms with Gasteiger partial charge in [-0.05, 0) is 52.4 Å². The number of aromatic nitrogens is 1. The summed E-state index contributed by atoms with van der Waals surface area (Å²) in [4.78, 5) is 4.28. The van der Waals surface area contributed by atoms with Crippen molar-refractivity contribution in [2.24, 2.45) is 5.73 Å². The van der Waals surface area contributed by atoms with Gasteiger partial charge >= 0.3 is 0 Å². The molecular weight excluding hydrogens is 311 g/mol. The third-order valence-electron chi connectivity index (χ3n) is 2.45. The first kappa shape index (κ1) is 11.5. The highest BCUT2D eigenvalue weighted by Crippen LogP contribution is 2.16. The van der Waals surface area contributed by atoms with Gasteiger partial charge < -0.3 is 5.73 Å². The topological polar surface area (TPSA) is 38.9 Å². The summed E-state index contributed by atoms with van der Waals surface area (Å²) in [6, 6.07) is 14.2. The van der Waals surface area contributed by atoms with Crippen LogP contribution in [-0.2, 0) is 6.42 Å². The Kier molecular flexibility index (Phi) is 3.90. The Balaban J connectivity index is 2.09. The summed E-state index contributed by atoms with van der Waals surface area (Å²) >= 11 is 2.29. The molecule has 0 bridgehead atoms. The molecule has 2 aromatic rings. The molecule has 3 heteroatoms. The van der Waals surface area contributed by atoms with Crippen LogP contribution in [0, 0.1) is 3.57 Å². The van der Waals surface area contributed by atoms with Crippen LogP contribution in [0.1, 0.15) is 17.3 Å². The Morgan fingerprint density at radius 3 is 2.50 bits per heavy atom. The zero-order valence-corrected chi connectivity index (χ0v) is 11.0. The van der Waals surface area contributed by atoms with Crippen LogP contribution >= 0.6 is 22.6 Å². The molecule has 0 fully saturated rings. The first-order valence-corrected chi connectivity index (χ1v) is 6.24. The third-order valence-corrected chi connectivity index (χ3v) is 3.17. The van der Waals surface area contributed by atoms with Gasteiger partial charge in [-0.3, -0.25) is 4.98 Å². The smallest absolute Gasteiger partial charge is 0.0422 e. The molecule has 2 nitrogen and oxygen atoms in total. The molecule has 2 rings (SSSR count). The molecule has 0 spiro atoms. The van der Waals surface area contributed by atoms with Crippen LogP contribution in [-0.4, -0.2) is 4.98 Å². The molecule has 16 heavy (non-hydrogen) atoms. The Morgan fingerprint density at radius 1 is 1.12 bits per heavy atom. The van der Waals surface area contributed by atoms with Gasteiger partial charge in [-0.2, -0.15) is 0 Å². The molecule has 82 valence electrons. The van der Waals surface area contributed by atoms with Crippen LogP contribution in [0.3, 0.4) is 0 Å².